The molecule has 1 aromatic heterocycles. The average molecular weight is 510 g/mol. The number of fused-ring (bicyclic) bond motifs is 1. The minimum Gasteiger partial charge on any atom is -0.444 e. The number of carbonyl (C=O) groups is 2. The van der Waals surface area contributed by atoms with E-state index in [1.807, 2.05) is 6.92 Å². The molecule has 0 aliphatic carbocycles. The van der Waals surface area contributed by atoms with E-state index >= 15 is 0 Å². The first-order valence-corrected chi connectivity index (χ1v) is 13.3. The number of piperidine rings is 1. The highest BCUT2D eigenvalue weighted by Crippen LogP contribution is 2.36. The van der Waals surface area contributed by atoms with Gasteiger partial charge in [-0.1, -0.05) is 13.0 Å². The lowest BCUT2D eigenvalue weighted by Crippen LogP contribution is -2.45. The Balaban J connectivity index is 1.18. The Hall–Kier alpha value is -2.97. The number of piperazine rings is 1. The summed E-state index contributed by atoms with van der Waals surface area (Å²) < 4.78 is 20.1. The van der Waals surface area contributed by atoms with Gasteiger partial charge in [-0.15, -0.1) is 11.3 Å². The third-order valence-corrected chi connectivity index (χ3v) is 8.62. The first-order chi connectivity index (χ1) is 17.3. The zero-order chi connectivity index (χ0) is 25.3. The molecule has 0 spiro atoms. The van der Waals surface area contributed by atoms with E-state index in [1.165, 1.54) is 40.0 Å². The predicted octanol–water partition coefficient (Wildman–Crippen LogP) is 5.41. The topological polar surface area (TPSA) is 53.1 Å². The van der Waals surface area contributed by atoms with Gasteiger partial charge in [0.25, 0.3) is 0 Å². The van der Waals surface area contributed by atoms with Crippen molar-refractivity contribution in [1.82, 2.24) is 9.80 Å². The van der Waals surface area contributed by atoms with Crippen LogP contribution in [0.5, 0.6) is 0 Å². The molecule has 0 unspecified atom stereocenters. The van der Waals surface area contributed by atoms with Gasteiger partial charge < -0.3 is 19.4 Å². The fourth-order valence-corrected chi connectivity index (χ4v) is 6.07. The summed E-state index contributed by atoms with van der Waals surface area (Å²) in [5.74, 6) is -0.361. The van der Waals surface area contributed by atoms with Crippen LogP contribution < -0.4 is 4.90 Å². The Bertz CT molecular complexity index is 1240. The number of anilines is 1. The zero-order valence-corrected chi connectivity index (χ0v) is 21.7. The van der Waals surface area contributed by atoms with Crippen molar-refractivity contribution in [2.75, 3.05) is 51.2 Å². The molecule has 3 heterocycles. The van der Waals surface area contributed by atoms with E-state index in [9.17, 15) is 14.0 Å². The molecule has 1 amide bonds. The van der Waals surface area contributed by atoms with Crippen LogP contribution >= 0.6 is 11.3 Å². The van der Waals surface area contributed by atoms with Crippen molar-refractivity contribution in [1.29, 1.82) is 0 Å². The monoisotopic (exact) mass is 509 g/mol. The van der Waals surface area contributed by atoms with Crippen molar-refractivity contribution >= 4 is 39.0 Å². The van der Waals surface area contributed by atoms with Gasteiger partial charge in [-0.3, -0.25) is 4.79 Å². The highest BCUT2D eigenvalue weighted by Gasteiger charge is 2.38. The van der Waals surface area contributed by atoms with Gasteiger partial charge in [0.15, 0.2) is 5.78 Å². The van der Waals surface area contributed by atoms with Crippen LogP contribution in [-0.4, -0.2) is 68.0 Å². The second-order valence-corrected chi connectivity index (χ2v) is 11.3. The molecule has 36 heavy (non-hydrogen) atoms. The SMILES string of the molecule is CN1CCN(c2cccc3sc(COC(=O)N4CCC(C)(C(=O)c5ccc(F)cc5)CC4)cc23)CC1. The predicted molar refractivity (Wildman–Crippen MR) is 141 cm³/mol. The Kier molecular flexibility index (Phi) is 6.99. The summed E-state index contributed by atoms with van der Waals surface area (Å²) in [6, 6.07) is 14.2. The Labute approximate surface area is 215 Å². The maximum atomic E-state index is 13.2. The largest absolute Gasteiger partial charge is 0.444 e. The second kappa shape index (κ2) is 10.2. The minimum absolute atomic E-state index is 0.00283. The van der Waals surface area contributed by atoms with Crippen LogP contribution in [0.25, 0.3) is 10.1 Å². The van der Waals surface area contributed by atoms with Crippen molar-refractivity contribution in [3.05, 3.63) is 64.8 Å². The zero-order valence-electron chi connectivity index (χ0n) is 20.8. The summed E-state index contributed by atoms with van der Waals surface area (Å²) in [7, 11) is 2.15. The smallest absolute Gasteiger partial charge is 0.410 e. The van der Waals surface area contributed by atoms with E-state index in [0.29, 0.717) is 31.5 Å². The van der Waals surface area contributed by atoms with E-state index in [2.05, 4.69) is 41.1 Å². The molecule has 190 valence electrons. The van der Waals surface area contributed by atoms with E-state index in [-0.39, 0.29) is 24.3 Å². The molecule has 0 N–H and O–H groups in total. The van der Waals surface area contributed by atoms with Gasteiger partial charge in [-0.2, -0.15) is 0 Å². The summed E-state index contributed by atoms with van der Waals surface area (Å²) in [6.45, 7) is 7.20. The number of thiophene rings is 1. The molecule has 0 radical (unpaired) electrons. The highest BCUT2D eigenvalue weighted by atomic mass is 32.1. The molecule has 2 fully saturated rings. The number of hydrogen-bond donors (Lipinski definition) is 0. The molecule has 6 nitrogen and oxygen atoms in total. The van der Waals surface area contributed by atoms with Crippen molar-refractivity contribution in [2.24, 2.45) is 5.41 Å². The molecule has 3 aromatic rings. The molecule has 0 saturated carbocycles. The van der Waals surface area contributed by atoms with E-state index < -0.39 is 5.41 Å². The number of nitrogens with zero attached hydrogens (tertiary/aromatic N) is 3. The van der Waals surface area contributed by atoms with Crippen LogP contribution in [0.4, 0.5) is 14.9 Å². The quantitative estimate of drug-likeness (QED) is 0.430. The summed E-state index contributed by atoms with van der Waals surface area (Å²) in [4.78, 5) is 33.3. The van der Waals surface area contributed by atoms with Crippen molar-refractivity contribution in [3.8, 4) is 0 Å². The number of likely N-dealkylation sites (N-methyl/N-ethyl adjacent to an activating group) is 1. The lowest BCUT2D eigenvalue weighted by molar-refractivity contribution is 0.0537. The van der Waals surface area contributed by atoms with Gasteiger partial charge in [0, 0.05) is 70.9 Å². The lowest BCUT2D eigenvalue weighted by Gasteiger charge is -2.37. The standard InChI is InChI=1S/C28H32FN3O3S/c1-28(26(33)20-6-8-21(29)9-7-20)10-12-32(13-11-28)27(34)35-19-22-18-23-24(4-3-5-25(23)36-22)31-16-14-30(2)15-17-31/h3-9,18H,10-17,19H2,1-2H3. The van der Waals surface area contributed by atoms with Crippen LogP contribution in [0.15, 0.2) is 48.5 Å². The number of benzene rings is 2. The first-order valence-electron chi connectivity index (χ1n) is 12.5. The molecule has 2 aromatic carbocycles. The molecule has 5 rings (SSSR count). The number of halogens is 1. The van der Waals surface area contributed by atoms with Crippen LogP contribution in [0.3, 0.4) is 0 Å². The van der Waals surface area contributed by atoms with Crippen molar-refractivity contribution in [2.45, 2.75) is 26.4 Å². The molecule has 2 aliphatic rings. The number of rotatable bonds is 5. The number of ketones is 1. The summed E-state index contributed by atoms with van der Waals surface area (Å²) in [6.07, 6.45) is 0.758. The fourth-order valence-electron chi connectivity index (χ4n) is 5.08. The first kappa shape index (κ1) is 24.7. The van der Waals surface area contributed by atoms with E-state index in [0.717, 1.165) is 31.1 Å². The molecule has 2 aliphatic heterocycles. The molecule has 2 saturated heterocycles. The Morgan fingerprint density at radius 3 is 2.39 bits per heavy atom. The lowest BCUT2D eigenvalue weighted by atomic mass is 9.74. The van der Waals surface area contributed by atoms with E-state index in [4.69, 9.17) is 4.74 Å². The second-order valence-electron chi connectivity index (χ2n) is 10.1. The average Bonchev–Trinajstić information content (AvgIpc) is 3.32. The van der Waals surface area contributed by atoms with Crippen LogP contribution in [-0.2, 0) is 11.3 Å². The minimum atomic E-state index is -0.570. The Morgan fingerprint density at radius 2 is 1.69 bits per heavy atom. The van der Waals surface area contributed by atoms with Crippen LogP contribution in [0, 0.1) is 11.2 Å². The summed E-state index contributed by atoms with van der Waals surface area (Å²) in [5, 5.41) is 1.21. The Morgan fingerprint density at radius 1 is 1.00 bits per heavy atom. The van der Waals surface area contributed by atoms with Gasteiger partial charge in [-0.25, -0.2) is 9.18 Å². The van der Waals surface area contributed by atoms with E-state index in [1.54, 1.807) is 16.2 Å². The van der Waals surface area contributed by atoms with Crippen LogP contribution in [0.2, 0.25) is 0 Å². The third-order valence-electron chi connectivity index (χ3n) is 7.55. The van der Waals surface area contributed by atoms with Gasteiger partial charge in [0.2, 0.25) is 0 Å². The molecular formula is C28H32FN3O3S. The normalized spacial score (nSPS) is 18.4. The molecule has 0 bridgehead atoms. The summed E-state index contributed by atoms with van der Waals surface area (Å²) in [5.41, 5.74) is 1.19. The van der Waals surface area contributed by atoms with Gasteiger partial charge in [0.05, 0.1) is 0 Å². The maximum absolute atomic E-state index is 13.2. The molecule has 0 atom stereocenters. The number of Topliss-reactive ketones (excluding diaryl/α,β-unsaturated/α-hetero) is 1. The maximum Gasteiger partial charge on any atom is 0.410 e. The number of likely N-dealkylation sites (tertiary alicyclic amines) is 1. The highest BCUT2D eigenvalue weighted by molar-refractivity contribution is 7.19. The summed E-state index contributed by atoms with van der Waals surface area (Å²) >= 11 is 1.66. The van der Waals surface area contributed by atoms with Gasteiger partial charge in [0.1, 0.15) is 12.4 Å². The fraction of sp³-hybridized carbons (Fsp3) is 0.429. The molecular weight excluding hydrogens is 477 g/mol. The van der Waals surface area contributed by atoms with Crippen molar-refractivity contribution < 1.29 is 18.7 Å². The number of carbonyl (C=O) groups excluding carboxylic acids is 2. The number of ether oxygens (including phenoxy) is 1. The molecule has 8 heteroatoms. The van der Waals surface area contributed by atoms with Crippen molar-refractivity contribution in [3.63, 3.8) is 0 Å². The van der Waals surface area contributed by atoms with Gasteiger partial charge >= 0.3 is 6.09 Å². The third kappa shape index (κ3) is 5.11. The number of hydrogen-bond acceptors (Lipinski definition) is 6. The number of amides is 1. The van der Waals surface area contributed by atoms with Crippen LogP contribution in [0.1, 0.15) is 35.0 Å². The van der Waals surface area contributed by atoms with Gasteiger partial charge in [-0.05, 0) is 62.4 Å².